The van der Waals surface area contributed by atoms with Gasteiger partial charge in [0, 0.05) is 0 Å². The summed E-state index contributed by atoms with van der Waals surface area (Å²) in [6, 6.07) is 0. The Hall–Kier alpha value is -1.87. The van der Waals surface area contributed by atoms with E-state index in [4.69, 9.17) is 15.2 Å². The highest BCUT2D eigenvalue weighted by Gasteiger charge is 2.49. The molecule has 0 spiro atoms. The van der Waals surface area contributed by atoms with Crippen LogP contribution < -0.4 is 11.3 Å². The summed E-state index contributed by atoms with van der Waals surface area (Å²) < 4.78 is 49.3. The molecule has 2 fully saturated rings. The molecule has 2 saturated heterocycles. The number of ether oxygens (including phenoxy) is 2. The number of phosphoric acid groups is 2. The van der Waals surface area contributed by atoms with Crippen molar-refractivity contribution in [1.29, 1.82) is 0 Å². The zero-order valence-corrected chi connectivity index (χ0v) is 21.0. The molecule has 2 aliphatic rings. The Morgan fingerprint density at radius 2 is 1.74 bits per heavy atom. The summed E-state index contributed by atoms with van der Waals surface area (Å²) in [5.41, 5.74) is 4.59. The maximum absolute atomic E-state index is 12.3. The molecule has 2 aliphatic heterocycles. The molecule has 22 heteroatoms. The first-order chi connectivity index (χ1) is 17.6. The Morgan fingerprint density at radius 1 is 1.05 bits per heavy atom. The van der Waals surface area contributed by atoms with E-state index in [1.54, 1.807) is 0 Å². The molecule has 0 amide bonds. The van der Waals surface area contributed by atoms with Crippen molar-refractivity contribution in [2.45, 2.75) is 62.2 Å². The first-order valence-corrected chi connectivity index (χ1v) is 13.7. The number of nitrogens with zero attached hydrogens (tertiary/aromatic N) is 3. The van der Waals surface area contributed by atoms with E-state index in [0.29, 0.717) is 0 Å². The molecule has 20 nitrogen and oxygen atoms in total. The predicted octanol–water partition coefficient (Wildman–Crippen LogP) is -3.60. The molecule has 10 N–H and O–H groups in total. The number of fused-ring (bicyclic) bond motifs is 1. The van der Waals surface area contributed by atoms with Crippen LogP contribution in [-0.2, 0) is 32.0 Å². The number of aliphatic hydroxyl groups excluding tert-OH is 5. The molecule has 38 heavy (non-hydrogen) atoms. The van der Waals surface area contributed by atoms with E-state index in [1.807, 2.05) is 0 Å². The van der Waals surface area contributed by atoms with Crippen LogP contribution in [0.5, 0.6) is 0 Å². The lowest BCUT2D eigenvalue weighted by Crippen LogP contribution is -2.57. The summed E-state index contributed by atoms with van der Waals surface area (Å²) in [5.74, 6) is -0.266. The van der Waals surface area contributed by atoms with Crippen molar-refractivity contribution < 1.29 is 67.3 Å². The summed E-state index contributed by atoms with van der Waals surface area (Å²) in [6.45, 7) is 0.291. The number of nitrogens with two attached hydrogens (primary N) is 1. The van der Waals surface area contributed by atoms with Crippen molar-refractivity contribution in [3.05, 3.63) is 16.7 Å². The fourth-order valence-corrected chi connectivity index (χ4v) is 5.96. The number of anilines is 1. The molecule has 0 saturated carbocycles. The quantitative estimate of drug-likeness (QED) is 0.134. The Balaban J connectivity index is 1.39. The topological polar surface area (TPSA) is 311 Å². The first kappa shape index (κ1) is 29.1. The Morgan fingerprint density at radius 3 is 2.42 bits per heavy atom. The third-order valence-electron chi connectivity index (χ3n) is 5.72. The molecule has 2 aromatic rings. The third kappa shape index (κ3) is 5.83. The van der Waals surface area contributed by atoms with Crippen molar-refractivity contribution >= 4 is 32.8 Å². The third-order valence-corrected chi connectivity index (χ3v) is 8.32. The molecule has 2 aromatic heterocycles. The number of aromatic amines is 1. The van der Waals surface area contributed by atoms with Crippen LogP contribution in [0.1, 0.15) is 13.2 Å². The zero-order valence-electron chi connectivity index (χ0n) is 19.2. The number of imidazole rings is 1. The average molecular weight is 589 g/mol. The number of aliphatic hydroxyl groups is 5. The van der Waals surface area contributed by atoms with Crippen LogP contribution >= 0.6 is 15.6 Å². The van der Waals surface area contributed by atoms with Gasteiger partial charge >= 0.3 is 15.6 Å². The SMILES string of the molecule is C[C@H]1O[C@@H](OP(=O)(O)OP(=O)(O)OC[C@@H]2O[C@@H](n3cnc4c(=O)[nH]c(N)nc43)[C@@H](O)[C@H]2O)[C@@H](O)[C@@H](O)[C@H]1O. The highest BCUT2D eigenvalue weighted by atomic mass is 31.3. The molecule has 0 aliphatic carbocycles. The van der Waals surface area contributed by atoms with Crippen molar-refractivity contribution in [2.75, 3.05) is 12.3 Å². The highest BCUT2D eigenvalue weighted by molar-refractivity contribution is 7.61. The summed E-state index contributed by atoms with van der Waals surface area (Å²) in [4.78, 5) is 41.7. The highest BCUT2D eigenvalue weighted by Crippen LogP contribution is 2.61. The summed E-state index contributed by atoms with van der Waals surface area (Å²) in [5, 5.41) is 50.0. The second-order valence-corrected chi connectivity index (χ2v) is 11.4. The lowest BCUT2D eigenvalue weighted by Gasteiger charge is -2.38. The van der Waals surface area contributed by atoms with Crippen LogP contribution in [0.25, 0.3) is 11.2 Å². The Labute approximate surface area is 211 Å². The van der Waals surface area contributed by atoms with Crippen LogP contribution in [-0.4, -0.2) is 110 Å². The van der Waals surface area contributed by atoms with Crippen molar-refractivity contribution in [3.63, 3.8) is 0 Å². The number of nitrogens with one attached hydrogen (secondary N) is 1. The molecular weight excluding hydrogens is 564 g/mol. The number of hydrogen-bond acceptors (Lipinski definition) is 16. The fraction of sp³-hybridized carbons (Fsp3) is 0.688. The average Bonchev–Trinajstić information content (AvgIpc) is 3.35. The summed E-state index contributed by atoms with van der Waals surface area (Å²) in [6.07, 6.45) is -13.8. The van der Waals surface area contributed by atoms with Crippen molar-refractivity contribution in [1.82, 2.24) is 19.5 Å². The maximum atomic E-state index is 12.3. The lowest BCUT2D eigenvalue weighted by atomic mass is 10.0. The largest absolute Gasteiger partial charge is 0.483 e. The van der Waals surface area contributed by atoms with Crippen molar-refractivity contribution in [2.24, 2.45) is 0 Å². The number of hydrogen-bond donors (Lipinski definition) is 9. The van der Waals surface area contributed by atoms with Crippen LogP contribution in [0.3, 0.4) is 0 Å². The van der Waals surface area contributed by atoms with E-state index < -0.39 is 83.1 Å². The van der Waals surface area contributed by atoms with Gasteiger partial charge < -0.3 is 50.5 Å². The number of rotatable bonds is 8. The normalized spacial score (nSPS) is 37.2. The lowest BCUT2D eigenvalue weighted by molar-refractivity contribution is -0.271. The van der Waals surface area contributed by atoms with Gasteiger partial charge in [0.2, 0.25) is 5.95 Å². The van der Waals surface area contributed by atoms with Gasteiger partial charge in [0.15, 0.2) is 23.7 Å². The minimum Gasteiger partial charge on any atom is -0.388 e. The van der Waals surface area contributed by atoms with Gasteiger partial charge in [0.05, 0.1) is 19.0 Å². The number of H-pyrrole nitrogens is 1. The number of nitrogen functional groups attached to an aromatic ring is 1. The molecule has 0 radical (unpaired) electrons. The monoisotopic (exact) mass is 589 g/mol. The molecule has 11 atom stereocenters. The van der Waals surface area contributed by atoms with Crippen LogP contribution in [0.15, 0.2) is 11.1 Å². The molecule has 0 bridgehead atoms. The predicted molar refractivity (Wildman–Crippen MR) is 119 cm³/mol. The minimum absolute atomic E-state index is 0.0994. The Kier molecular flexibility index (Phi) is 8.12. The van der Waals surface area contributed by atoms with E-state index in [2.05, 4.69) is 28.3 Å². The van der Waals surface area contributed by atoms with E-state index in [9.17, 15) is 49.2 Å². The standard InChI is InChI=1S/C16H25N5O15P2/c1-4-7(22)9(24)11(26)15(33-4)35-38(30,31)36-37(28,29)32-2-5-8(23)10(25)14(34-5)21-3-18-6-12(21)19-16(17)20-13(6)27/h3-5,7-11,14-15,22-26H,2H2,1H3,(H,28,29)(H,30,31)(H3,17,19,20,27)/t4-,5+,7+,8+,9+,10+,11+,14-,15+/m1/s1. The van der Waals surface area contributed by atoms with Gasteiger partial charge in [-0.15, -0.1) is 0 Å². The van der Waals surface area contributed by atoms with Gasteiger partial charge in [0.25, 0.3) is 5.56 Å². The van der Waals surface area contributed by atoms with Gasteiger partial charge in [-0.1, -0.05) is 0 Å². The fourth-order valence-electron chi connectivity index (χ4n) is 3.80. The maximum Gasteiger partial charge on any atom is 0.483 e. The van der Waals surface area contributed by atoms with Gasteiger partial charge in [-0.05, 0) is 6.92 Å². The molecule has 2 unspecified atom stereocenters. The molecule has 4 heterocycles. The van der Waals surface area contributed by atoms with Crippen molar-refractivity contribution in [3.8, 4) is 0 Å². The summed E-state index contributed by atoms with van der Waals surface area (Å²) in [7, 11) is -10.9. The van der Waals surface area contributed by atoms with E-state index >= 15 is 0 Å². The molecule has 4 rings (SSSR count). The molecule has 214 valence electrons. The molecule has 0 aromatic carbocycles. The Bertz CT molecular complexity index is 1320. The van der Waals surface area contributed by atoms with Gasteiger partial charge in [-0.25, -0.2) is 14.1 Å². The molecular formula is C16H25N5O15P2. The van der Waals surface area contributed by atoms with E-state index in [1.165, 1.54) is 6.92 Å². The van der Waals surface area contributed by atoms with Crippen LogP contribution in [0.4, 0.5) is 5.95 Å². The number of phosphoric ester groups is 2. The van der Waals surface area contributed by atoms with E-state index in [0.717, 1.165) is 10.9 Å². The van der Waals surface area contributed by atoms with Gasteiger partial charge in [-0.3, -0.25) is 23.4 Å². The number of aromatic nitrogens is 4. The smallest absolute Gasteiger partial charge is 0.388 e. The summed E-state index contributed by atoms with van der Waals surface area (Å²) >= 11 is 0. The second kappa shape index (κ2) is 10.6. The second-order valence-electron chi connectivity index (χ2n) is 8.42. The van der Waals surface area contributed by atoms with E-state index in [-0.39, 0.29) is 17.1 Å². The first-order valence-electron chi connectivity index (χ1n) is 10.7. The minimum atomic E-state index is -5.50. The van der Waals surface area contributed by atoms with Crippen LogP contribution in [0.2, 0.25) is 0 Å². The van der Waals surface area contributed by atoms with Gasteiger partial charge in [-0.2, -0.15) is 9.29 Å². The van der Waals surface area contributed by atoms with Gasteiger partial charge in [0.1, 0.15) is 36.6 Å². The van der Waals surface area contributed by atoms with Crippen LogP contribution in [0, 0.1) is 0 Å². The zero-order chi connectivity index (χ0) is 28.2.